The molecule has 6 heteroatoms. The van der Waals surface area contributed by atoms with Crippen molar-refractivity contribution >= 4 is 6.03 Å². The molecule has 1 fully saturated rings. The van der Waals surface area contributed by atoms with Gasteiger partial charge in [0.25, 0.3) is 0 Å². The summed E-state index contributed by atoms with van der Waals surface area (Å²) in [4.78, 5) is 13.5. The maximum Gasteiger partial charge on any atom is 0.317 e. The zero-order valence-electron chi connectivity index (χ0n) is 12.1. The fraction of sp³-hybridized carbons (Fsp3) is 0.533. The Hall–Kier alpha value is -1.69. The molecule has 116 valence electrons. The van der Waals surface area contributed by atoms with Crippen molar-refractivity contribution in [3.05, 3.63) is 35.4 Å². The Morgan fingerprint density at radius 2 is 2.24 bits per heavy atom. The van der Waals surface area contributed by atoms with Crippen LogP contribution in [0.25, 0.3) is 0 Å². The van der Waals surface area contributed by atoms with E-state index in [1.165, 1.54) is 6.07 Å². The molecular formula is C15H20F2N2O2. The summed E-state index contributed by atoms with van der Waals surface area (Å²) in [5, 5.41) is 2.76. The number of nitrogens with zero attached hydrogens (tertiary/aromatic N) is 1. The van der Waals surface area contributed by atoms with E-state index in [9.17, 15) is 13.6 Å². The van der Waals surface area contributed by atoms with Crippen molar-refractivity contribution in [3.8, 4) is 0 Å². The van der Waals surface area contributed by atoms with Gasteiger partial charge in [0.05, 0.1) is 12.7 Å². The van der Waals surface area contributed by atoms with E-state index in [0.29, 0.717) is 18.7 Å². The Balaban J connectivity index is 1.85. The average molecular weight is 298 g/mol. The van der Waals surface area contributed by atoms with Gasteiger partial charge in [-0.25, -0.2) is 13.6 Å². The number of halogens is 2. The van der Waals surface area contributed by atoms with Crippen LogP contribution in [0.3, 0.4) is 0 Å². The lowest BCUT2D eigenvalue weighted by Gasteiger charge is -2.32. The predicted octanol–water partition coefficient (Wildman–Crippen LogP) is 2.68. The number of piperidine rings is 1. The number of rotatable bonds is 4. The molecule has 1 N–H and O–H groups in total. The first-order chi connectivity index (χ1) is 10.1. The first-order valence-electron chi connectivity index (χ1n) is 7.18. The largest absolute Gasteiger partial charge is 0.372 e. The van der Waals surface area contributed by atoms with Crippen molar-refractivity contribution in [2.45, 2.75) is 32.5 Å². The van der Waals surface area contributed by atoms with Gasteiger partial charge in [0.2, 0.25) is 0 Å². The van der Waals surface area contributed by atoms with Crippen LogP contribution in [0.4, 0.5) is 13.6 Å². The molecule has 0 aromatic heterocycles. The van der Waals surface area contributed by atoms with Gasteiger partial charge in [-0.1, -0.05) is 6.07 Å². The molecule has 4 nitrogen and oxygen atoms in total. The molecule has 0 bridgehead atoms. The number of likely N-dealkylation sites (tertiary alicyclic amines) is 1. The summed E-state index contributed by atoms with van der Waals surface area (Å²) in [6.45, 7) is 3.92. The van der Waals surface area contributed by atoms with Gasteiger partial charge in [-0.3, -0.25) is 0 Å². The van der Waals surface area contributed by atoms with E-state index in [-0.39, 0.29) is 18.7 Å². The SMILES string of the molecule is CCNC(=O)N1CCCC(OCc2ccc(F)c(F)c2)C1. The minimum atomic E-state index is -0.872. The number of ether oxygens (including phenoxy) is 1. The smallest absolute Gasteiger partial charge is 0.317 e. The number of nitrogens with one attached hydrogen (secondary N) is 1. The summed E-state index contributed by atoms with van der Waals surface area (Å²) in [7, 11) is 0. The van der Waals surface area contributed by atoms with Crippen LogP contribution < -0.4 is 5.32 Å². The molecular weight excluding hydrogens is 278 g/mol. The van der Waals surface area contributed by atoms with Crippen LogP contribution in [0, 0.1) is 11.6 Å². The van der Waals surface area contributed by atoms with Crippen LogP contribution in [0.2, 0.25) is 0 Å². The van der Waals surface area contributed by atoms with Crippen LogP contribution in [-0.4, -0.2) is 36.7 Å². The zero-order chi connectivity index (χ0) is 15.2. The monoisotopic (exact) mass is 298 g/mol. The highest BCUT2D eigenvalue weighted by molar-refractivity contribution is 5.74. The maximum atomic E-state index is 13.1. The number of carbonyl (C=O) groups excluding carboxylic acids is 1. The number of amides is 2. The summed E-state index contributed by atoms with van der Waals surface area (Å²) in [5.74, 6) is -1.73. The van der Waals surface area contributed by atoms with E-state index in [0.717, 1.165) is 31.5 Å². The third kappa shape index (κ3) is 4.39. The van der Waals surface area contributed by atoms with Gasteiger partial charge in [0, 0.05) is 19.6 Å². The van der Waals surface area contributed by atoms with E-state index in [1.807, 2.05) is 6.92 Å². The molecule has 1 heterocycles. The molecule has 2 amide bonds. The molecule has 1 aromatic carbocycles. The van der Waals surface area contributed by atoms with Gasteiger partial charge < -0.3 is 15.0 Å². The van der Waals surface area contributed by atoms with Gasteiger partial charge in [-0.15, -0.1) is 0 Å². The second kappa shape index (κ2) is 7.36. The van der Waals surface area contributed by atoms with E-state index in [4.69, 9.17) is 4.74 Å². The number of benzene rings is 1. The highest BCUT2D eigenvalue weighted by Crippen LogP contribution is 2.16. The maximum absolute atomic E-state index is 13.1. The van der Waals surface area contributed by atoms with Crippen LogP contribution >= 0.6 is 0 Å². The topological polar surface area (TPSA) is 41.6 Å². The predicted molar refractivity (Wildman–Crippen MR) is 74.8 cm³/mol. The van der Waals surface area contributed by atoms with Crippen LogP contribution in [0.15, 0.2) is 18.2 Å². The molecule has 0 radical (unpaired) electrons. The molecule has 1 atom stereocenters. The minimum absolute atomic E-state index is 0.0746. The van der Waals surface area contributed by atoms with Crippen molar-refractivity contribution in [1.82, 2.24) is 10.2 Å². The Labute approximate surface area is 123 Å². The quantitative estimate of drug-likeness (QED) is 0.928. The molecule has 1 aliphatic heterocycles. The summed E-state index contributed by atoms with van der Waals surface area (Å²) >= 11 is 0. The van der Waals surface area contributed by atoms with Crippen LogP contribution in [-0.2, 0) is 11.3 Å². The van der Waals surface area contributed by atoms with Crippen LogP contribution in [0.5, 0.6) is 0 Å². The Kier molecular flexibility index (Phi) is 5.50. The van der Waals surface area contributed by atoms with Crippen molar-refractivity contribution in [2.75, 3.05) is 19.6 Å². The molecule has 0 aliphatic carbocycles. The Bertz CT molecular complexity index is 497. The standard InChI is InChI=1S/C15H20F2N2O2/c1-2-18-15(20)19-7-3-4-12(9-19)21-10-11-5-6-13(16)14(17)8-11/h5-6,8,12H,2-4,7,9-10H2,1H3,(H,18,20). The lowest BCUT2D eigenvalue weighted by atomic mass is 10.1. The number of carbonyl (C=O) groups is 1. The second-order valence-electron chi connectivity index (χ2n) is 5.11. The van der Waals surface area contributed by atoms with E-state index in [2.05, 4.69) is 5.32 Å². The van der Waals surface area contributed by atoms with Gasteiger partial charge in [0.1, 0.15) is 0 Å². The average Bonchev–Trinajstić information content (AvgIpc) is 2.49. The summed E-state index contributed by atoms with van der Waals surface area (Å²) in [5.41, 5.74) is 0.587. The van der Waals surface area contributed by atoms with E-state index >= 15 is 0 Å². The van der Waals surface area contributed by atoms with Crippen molar-refractivity contribution in [3.63, 3.8) is 0 Å². The second-order valence-corrected chi connectivity index (χ2v) is 5.11. The van der Waals surface area contributed by atoms with Gasteiger partial charge in [-0.05, 0) is 37.5 Å². The molecule has 0 saturated carbocycles. The normalized spacial score (nSPS) is 18.6. The highest BCUT2D eigenvalue weighted by atomic mass is 19.2. The van der Waals surface area contributed by atoms with Crippen molar-refractivity contribution in [2.24, 2.45) is 0 Å². The minimum Gasteiger partial charge on any atom is -0.372 e. The molecule has 1 unspecified atom stereocenters. The summed E-state index contributed by atoms with van der Waals surface area (Å²) in [6.07, 6.45) is 1.66. The Morgan fingerprint density at radius 1 is 1.43 bits per heavy atom. The third-order valence-corrected chi connectivity index (χ3v) is 3.46. The first kappa shape index (κ1) is 15.7. The fourth-order valence-corrected chi connectivity index (χ4v) is 2.37. The number of hydrogen-bond acceptors (Lipinski definition) is 2. The molecule has 2 rings (SSSR count). The lowest BCUT2D eigenvalue weighted by molar-refractivity contribution is -0.000388. The highest BCUT2D eigenvalue weighted by Gasteiger charge is 2.23. The first-order valence-corrected chi connectivity index (χ1v) is 7.18. The van der Waals surface area contributed by atoms with Gasteiger partial charge in [-0.2, -0.15) is 0 Å². The fourth-order valence-electron chi connectivity index (χ4n) is 2.37. The molecule has 1 saturated heterocycles. The van der Waals surface area contributed by atoms with Gasteiger partial charge in [0.15, 0.2) is 11.6 Å². The van der Waals surface area contributed by atoms with Crippen molar-refractivity contribution < 1.29 is 18.3 Å². The van der Waals surface area contributed by atoms with Crippen LogP contribution in [0.1, 0.15) is 25.3 Å². The van der Waals surface area contributed by atoms with Gasteiger partial charge >= 0.3 is 6.03 Å². The molecule has 1 aliphatic rings. The molecule has 21 heavy (non-hydrogen) atoms. The van der Waals surface area contributed by atoms with E-state index in [1.54, 1.807) is 4.90 Å². The number of hydrogen-bond donors (Lipinski definition) is 1. The molecule has 1 aromatic rings. The summed E-state index contributed by atoms with van der Waals surface area (Å²) < 4.78 is 31.7. The summed E-state index contributed by atoms with van der Waals surface area (Å²) in [6, 6.07) is 3.65. The number of urea groups is 1. The van der Waals surface area contributed by atoms with Crippen molar-refractivity contribution in [1.29, 1.82) is 0 Å². The molecule has 0 spiro atoms. The van der Waals surface area contributed by atoms with E-state index < -0.39 is 11.6 Å². The zero-order valence-corrected chi connectivity index (χ0v) is 12.1. The Morgan fingerprint density at radius 3 is 2.95 bits per heavy atom. The third-order valence-electron chi connectivity index (χ3n) is 3.46. The lowest BCUT2D eigenvalue weighted by Crippen LogP contribution is -2.47.